The van der Waals surface area contributed by atoms with Crippen molar-refractivity contribution in [3.8, 4) is 0 Å². The standard InChI is InChI=1S/C17H20N4/c1-18-16(9-7-13-11-19-21(2)12-13)17-10-8-14-5-3-4-6-15(14)20-17/h3-6,8,10-12,16,18H,7,9H2,1-2H3. The van der Waals surface area contributed by atoms with E-state index in [4.69, 9.17) is 4.98 Å². The summed E-state index contributed by atoms with van der Waals surface area (Å²) < 4.78 is 1.85. The van der Waals surface area contributed by atoms with E-state index in [1.165, 1.54) is 10.9 Å². The van der Waals surface area contributed by atoms with Crippen LogP contribution in [0.4, 0.5) is 0 Å². The molecule has 1 atom stereocenters. The van der Waals surface area contributed by atoms with Crippen LogP contribution >= 0.6 is 0 Å². The molecule has 0 saturated heterocycles. The summed E-state index contributed by atoms with van der Waals surface area (Å²) in [5.74, 6) is 0. The lowest BCUT2D eigenvalue weighted by Gasteiger charge is -2.15. The Labute approximate surface area is 124 Å². The molecule has 3 rings (SSSR count). The van der Waals surface area contributed by atoms with Crippen molar-refractivity contribution in [3.63, 3.8) is 0 Å². The monoisotopic (exact) mass is 280 g/mol. The van der Waals surface area contributed by atoms with E-state index < -0.39 is 0 Å². The van der Waals surface area contributed by atoms with Gasteiger partial charge in [-0.05, 0) is 37.6 Å². The Hall–Kier alpha value is -2.20. The van der Waals surface area contributed by atoms with Gasteiger partial charge in [0.1, 0.15) is 0 Å². The van der Waals surface area contributed by atoms with Gasteiger partial charge in [-0.15, -0.1) is 0 Å². The van der Waals surface area contributed by atoms with Gasteiger partial charge in [-0.25, -0.2) is 0 Å². The number of aryl methyl sites for hydroxylation is 2. The molecule has 0 saturated carbocycles. The summed E-state index contributed by atoms with van der Waals surface area (Å²) in [5.41, 5.74) is 3.41. The number of para-hydroxylation sites is 1. The molecule has 3 aromatic rings. The first-order valence-electron chi connectivity index (χ1n) is 7.27. The van der Waals surface area contributed by atoms with E-state index in [-0.39, 0.29) is 6.04 Å². The number of aromatic nitrogens is 3. The Morgan fingerprint density at radius 1 is 1.19 bits per heavy atom. The normalized spacial score (nSPS) is 12.7. The molecule has 0 aliphatic rings. The average molecular weight is 280 g/mol. The number of nitrogens with one attached hydrogen (secondary N) is 1. The fraction of sp³-hybridized carbons (Fsp3) is 0.294. The molecular formula is C17H20N4. The number of benzene rings is 1. The van der Waals surface area contributed by atoms with Gasteiger partial charge in [0.2, 0.25) is 0 Å². The molecule has 21 heavy (non-hydrogen) atoms. The molecule has 0 fully saturated rings. The van der Waals surface area contributed by atoms with Gasteiger partial charge in [0.25, 0.3) is 0 Å². The minimum atomic E-state index is 0.259. The molecule has 0 amide bonds. The zero-order valence-corrected chi connectivity index (χ0v) is 12.5. The summed E-state index contributed by atoms with van der Waals surface area (Å²) in [6.45, 7) is 0. The lowest BCUT2D eigenvalue weighted by molar-refractivity contribution is 0.537. The second-order valence-corrected chi connectivity index (χ2v) is 5.33. The maximum absolute atomic E-state index is 4.78. The van der Waals surface area contributed by atoms with Crippen LogP contribution in [0, 0.1) is 0 Å². The average Bonchev–Trinajstić information content (AvgIpc) is 2.93. The molecule has 0 radical (unpaired) electrons. The van der Waals surface area contributed by atoms with Crippen molar-refractivity contribution in [3.05, 3.63) is 60.0 Å². The van der Waals surface area contributed by atoms with Crippen LogP contribution in [-0.2, 0) is 13.5 Å². The highest BCUT2D eigenvalue weighted by Crippen LogP contribution is 2.20. The first kappa shape index (κ1) is 13.8. The smallest absolute Gasteiger partial charge is 0.0706 e. The minimum absolute atomic E-state index is 0.259. The number of pyridine rings is 1. The summed E-state index contributed by atoms with van der Waals surface area (Å²) in [4.78, 5) is 4.78. The highest BCUT2D eigenvalue weighted by molar-refractivity contribution is 5.78. The highest BCUT2D eigenvalue weighted by Gasteiger charge is 2.12. The molecule has 4 nitrogen and oxygen atoms in total. The zero-order chi connectivity index (χ0) is 14.7. The third-order valence-corrected chi connectivity index (χ3v) is 3.81. The Balaban J connectivity index is 1.77. The van der Waals surface area contributed by atoms with Crippen molar-refractivity contribution in [2.75, 3.05) is 7.05 Å². The summed E-state index contributed by atoms with van der Waals surface area (Å²) in [6.07, 6.45) is 6.00. The molecule has 0 aliphatic heterocycles. The van der Waals surface area contributed by atoms with Crippen LogP contribution < -0.4 is 5.32 Å². The molecule has 4 heteroatoms. The molecule has 108 valence electrons. The fourth-order valence-corrected chi connectivity index (χ4v) is 2.63. The first-order valence-corrected chi connectivity index (χ1v) is 7.27. The third-order valence-electron chi connectivity index (χ3n) is 3.81. The summed E-state index contributed by atoms with van der Waals surface area (Å²) in [6, 6.07) is 12.8. The van der Waals surface area contributed by atoms with Crippen molar-refractivity contribution in [1.82, 2.24) is 20.1 Å². The van der Waals surface area contributed by atoms with E-state index in [0.29, 0.717) is 0 Å². The highest BCUT2D eigenvalue weighted by atomic mass is 15.2. The maximum Gasteiger partial charge on any atom is 0.0706 e. The first-order chi connectivity index (χ1) is 10.3. The molecule has 1 N–H and O–H groups in total. The van der Waals surface area contributed by atoms with Crippen LogP contribution in [0.1, 0.15) is 23.7 Å². The number of rotatable bonds is 5. The van der Waals surface area contributed by atoms with Gasteiger partial charge in [0, 0.05) is 24.7 Å². The number of hydrogen-bond donors (Lipinski definition) is 1. The van der Waals surface area contributed by atoms with E-state index in [9.17, 15) is 0 Å². The van der Waals surface area contributed by atoms with Gasteiger partial charge in [0.05, 0.1) is 17.4 Å². The third kappa shape index (κ3) is 3.11. The molecule has 0 spiro atoms. The van der Waals surface area contributed by atoms with Crippen LogP contribution in [0.15, 0.2) is 48.8 Å². The molecule has 0 bridgehead atoms. The predicted molar refractivity (Wildman–Crippen MR) is 85.1 cm³/mol. The number of fused-ring (bicyclic) bond motifs is 1. The van der Waals surface area contributed by atoms with Crippen LogP contribution in [0.2, 0.25) is 0 Å². The van der Waals surface area contributed by atoms with Crippen molar-refractivity contribution in [2.24, 2.45) is 7.05 Å². The van der Waals surface area contributed by atoms with Gasteiger partial charge in [-0.1, -0.05) is 24.3 Å². The van der Waals surface area contributed by atoms with Crippen molar-refractivity contribution in [1.29, 1.82) is 0 Å². The Morgan fingerprint density at radius 3 is 2.81 bits per heavy atom. The number of nitrogens with zero attached hydrogens (tertiary/aromatic N) is 3. The molecule has 2 heterocycles. The SMILES string of the molecule is CNC(CCc1cnn(C)c1)c1ccc2ccccc2n1. The topological polar surface area (TPSA) is 42.7 Å². The number of hydrogen-bond acceptors (Lipinski definition) is 3. The van der Waals surface area contributed by atoms with E-state index in [1.807, 2.05) is 37.1 Å². The van der Waals surface area contributed by atoms with E-state index in [0.717, 1.165) is 24.1 Å². The van der Waals surface area contributed by atoms with Crippen LogP contribution in [-0.4, -0.2) is 21.8 Å². The Bertz CT molecular complexity index is 732. The van der Waals surface area contributed by atoms with Crippen molar-refractivity contribution < 1.29 is 0 Å². The molecular weight excluding hydrogens is 260 g/mol. The zero-order valence-electron chi connectivity index (χ0n) is 12.5. The summed E-state index contributed by atoms with van der Waals surface area (Å²) in [7, 11) is 3.94. The molecule has 1 aromatic carbocycles. The Morgan fingerprint density at radius 2 is 2.05 bits per heavy atom. The van der Waals surface area contributed by atoms with E-state index in [1.54, 1.807) is 0 Å². The van der Waals surface area contributed by atoms with Crippen molar-refractivity contribution in [2.45, 2.75) is 18.9 Å². The largest absolute Gasteiger partial charge is 0.312 e. The molecule has 0 aliphatic carbocycles. The van der Waals surface area contributed by atoms with Gasteiger partial charge >= 0.3 is 0 Å². The Kier molecular flexibility index (Phi) is 3.97. The van der Waals surface area contributed by atoms with Crippen LogP contribution in [0.25, 0.3) is 10.9 Å². The lowest BCUT2D eigenvalue weighted by Crippen LogP contribution is -2.18. The van der Waals surface area contributed by atoms with Gasteiger partial charge in [0.15, 0.2) is 0 Å². The van der Waals surface area contributed by atoms with Gasteiger partial charge < -0.3 is 5.32 Å². The van der Waals surface area contributed by atoms with Gasteiger partial charge in [-0.3, -0.25) is 9.67 Å². The van der Waals surface area contributed by atoms with Crippen molar-refractivity contribution >= 4 is 10.9 Å². The fourth-order valence-electron chi connectivity index (χ4n) is 2.63. The maximum atomic E-state index is 4.78. The van der Waals surface area contributed by atoms with Gasteiger partial charge in [-0.2, -0.15) is 5.10 Å². The quantitative estimate of drug-likeness (QED) is 0.781. The van der Waals surface area contributed by atoms with Crippen LogP contribution in [0.3, 0.4) is 0 Å². The van der Waals surface area contributed by atoms with E-state index >= 15 is 0 Å². The second kappa shape index (κ2) is 6.06. The molecule has 2 aromatic heterocycles. The minimum Gasteiger partial charge on any atom is -0.312 e. The van der Waals surface area contributed by atoms with E-state index in [2.05, 4.69) is 40.9 Å². The molecule has 1 unspecified atom stereocenters. The summed E-state index contributed by atoms with van der Waals surface area (Å²) >= 11 is 0. The van der Waals surface area contributed by atoms with Crippen LogP contribution in [0.5, 0.6) is 0 Å². The lowest BCUT2D eigenvalue weighted by atomic mass is 10.0. The predicted octanol–water partition coefficient (Wildman–Crippen LogP) is 2.86. The summed E-state index contributed by atoms with van der Waals surface area (Å²) in [5, 5.41) is 8.77. The second-order valence-electron chi connectivity index (χ2n) is 5.33.